The number of carbonyl (C=O) groups is 3. The second kappa shape index (κ2) is 6.17. The lowest BCUT2D eigenvalue weighted by atomic mass is 10.0. The Morgan fingerprint density at radius 2 is 1.95 bits per heavy atom. The normalized spacial score (nSPS) is 24.2. The Morgan fingerprint density at radius 3 is 2.58 bits per heavy atom. The van der Waals surface area contributed by atoms with Crippen LogP contribution in [0, 0.1) is 5.92 Å². The predicted octanol–water partition coefficient (Wildman–Crippen LogP) is 0.827. The molecule has 5 nitrogen and oxygen atoms in total. The number of Topliss-reactive ketones (excluding diaryl/α,β-unsaturated/α-hetero) is 1. The van der Waals surface area contributed by atoms with Crippen molar-refractivity contribution >= 4 is 17.6 Å². The van der Waals surface area contributed by atoms with E-state index < -0.39 is 0 Å². The third kappa shape index (κ3) is 3.55. The van der Waals surface area contributed by atoms with Gasteiger partial charge in [0.05, 0.1) is 6.54 Å². The van der Waals surface area contributed by atoms with Gasteiger partial charge in [-0.3, -0.25) is 14.4 Å². The maximum absolute atomic E-state index is 12.1. The molecule has 0 aliphatic carbocycles. The molecule has 1 atom stereocenters. The monoisotopic (exact) mass is 266 g/mol. The van der Waals surface area contributed by atoms with E-state index in [2.05, 4.69) is 6.92 Å². The van der Waals surface area contributed by atoms with Crippen molar-refractivity contribution in [3.8, 4) is 0 Å². The van der Waals surface area contributed by atoms with Crippen LogP contribution in [-0.4, -0.2) is 53.6 Å². The Hall–Kier alpha value is -1.39. The molecular weight excluding hydrogens is 244 g/mol. The highest BCUT2D eigenvalue weighted by Crippen LogP contribution is 2.22. The van der Waals surface area contributed by atoms with Crippen LogP contribution in [0.5, 0.6) is 0 Å². The van der Waals surface area contributed by atoms with Crippen molar-refractivity contribution in [1.29, 1.82) is 0 Å². The maximum atomic E-state index is 12.1. The third-order valence-electron chi connectivity index (χ3n) is 3.99. The van der Waals surface area contributed by atoms with Crippen LogP contribution in [0.4, 0.5) is 0 Å². The van der Waals surface area contributed by atoms with E-state index in [9.17, 15) is 14.4 Å². The summed E-state index contributed by atoms with van der Waals surface area (Å²) in [5.74, 6) is 0.718. The van der Waals surface area contributed by atoms with Gasteiger partial charge in [0.1, 0.15) is 5.78 Å². The number of likely N-dealkylation sites (tertiary alicyclic amines) is 2. The van der Waals surface area contributed by atoms with Crippen LogP contribution in [0.15, 0.2) is 0 Å². The van der Waals surface area contributed by atoms with E-state index in [-0.39, 0.29) is 24.1 Å². The molecular formula is C14H22N2O3. The second-order valence-corrected chi connectivity index (χ2v) is 5.55. The molecule has 106 valence electrons. The third-order valence-corrected chi connectivity index (χ3v) is 3.99. The van der Waals surface area contributed by atoms with Crippen LogP contribution < -0.4 is 0 Å². The molecule has 2 saturated heterocycles. The number of piperidine rings is 1. The largest absolute Gasteiger partial charge is 0.340 e. The SMILES string of the molecule is CCCC1CC(=O)N(CC(=O)N2CCC(=O)CC2)C1. The number of ketones is 1. The number of nitrogens with zero attached hydrogens (tertiary/aromatic N) is 2. The molecule has 2 aliphatic rings. The predicted molar refractivity (Wildman–Crippen MR) is 70.4 cm³/mol. The molecule has 2 aliphatic heterocycles. The number of carbonyl (C=O) groups excluding carboxylic acids is 3. The van der Waals surface area contributed by atoms with E-state index in [1.165, 1.54) is 0 Å². The van der Waals surface area contributed by atoms with E-state index in [1.807, 2.05) is 0 Å². The summed E-state index contributed by atoms with van der Waals surface area (Å²) in [5.41, 5.74) is 0. The maximum Gasteiger partial charge on any atom is 0.242 e. The van der Waals surface area contributed by atoms with Gasteiger partial charge in [-0.25, -0.2) is 0 Å². The molecule has 19 heavy (non-hydrogen) atoms. The number of hydrogen-bond donors (Lipinski definition) is 0. The molecule has 5 heteroatoms. The molecule has 2 rings (SSSR count). The Labute approximate surface area is 113 Å². The van der Waals surface area contributed by atoms with Crippen molar-refractivity contribution in [3.05, 3.63) is 0 Å². The fraction of sp³-hybridized carbons (Fsp3) is 0.786. The molecule has 0 saturated carbocycles. The van der Waals surface area contributed by atoms with Gasteiger partial charge >= 0.3 is 0 Å². The molecule has 2 amide bonds. The molecule has 2 fully saturated rings. The Morgan fingerprint density at radius 1 is 1.26 bits per heavy atom. The lowest BCUT2D eigenvalue weighted by Gasteiger charge is -2.28. The minimum atomic E-state index is -0.0157. The highest BCUT2D eigenvalue weighted by Gasteiger charge is 2.31. The smallest absolute Gasteiger partial charge is 0.242 e. The molecule has 1 unspecified atom stereocenters. The zero-order valence-corrected chi connectivity index (χ0v) is 11.6. The van der Waals surface area contributed by atoms with Gasteiger partial charge in [-0.15, -0.1) is 0 Å². The fourth-order valence-electron chi connectivity index (χ4n) is 2.88. The van der Waals surface area contributed by atoms with Crippen LogP contribution in [0.2, 0.25) is 0 Å². The summed E-state index contributed by atoms with van der Waals surface area (Å²) in [5, 5.41) is 0. The summed E-state index contributed by atoms with van der Waals surface area (Å²) >= 11 is 0. The summed E-state index contributed by atoms with van der Waals surface area (Å²) in [6.45, 7) is 4.04. The van der Waals surface area contributed by atoms with E-state index in [4.69, 9.17) is 0 Å². The zero-order chi connectivity index (χ0) is 13.8. The first-order chi connectivity index (χ1) is 9.10. The van der Waals surface area contributed by atoms with Gasteiger partial charge in [-0.05, 0) is 12.3 Å². The molecule has 0 spiro atoms. The van der Waals surface area contributed by atoms with Crippen LogP contribution in [0.3, 0.4) is 0 Å². The van der Waals surface area contributed by atoms with E-state index in [0.29, 0.717) is 44.8 Å². The first-order valence-electron chi connectivity index (χ1n) is 7.17. The van der Waals surface area contributed by atoms with Crippen LogP contribution >= 0.6 is 0 Å². The van der Waals surface area contributed by atoms with Gasteiger partial charge in [-0.2, -0.15) is 0 Å². The molecule has 0 N–H and O–H groups in total. The van der Waals surface area contributed by atoms with Crippen molar-refractivity contribution in [2.24, 2.45) is 5.92 Å². The van der Waals surface area contributed by atoms with Crippen molar-refractivity contribution in [2.45, 2.75) is 39.0 Å². The van der Waals surface area contributed by atoms with Gasteiger partial charge in [0, 0.05) is 38.9 Å². The average molecular weight is 266 g/mol. The highest BCUT2D eigenvalue weighted by molar-refractivity contribution is 5.87. The standard InChI is InChI=1S/C14H22N2O3/c1-2-3-11-8-13(18)16(9-11)10-14(19)15-6-4-12(17)5-7-15/h11H,2-10H2,1H3. The molecule has 0 aromatic carbocycles. The van der Waals surface area contributed by atoms with Crippen LogP contribution in [0.1, 0.15) is 39.0 Å². The average Bonchev–Trinajstić information content (AvgIpc) is 2.71. The zero-order valence-electron chi connectivity index (χ0n) is 11.6. The summed E-state index contributed by atoms with van der Waals surface area (Å²) in [6, 6.07) is 0. The first-order valence-corrected chi connectivity index (χ1v) is 7.17. The van der Waals surface area contributed by atoms with Crippen molar-refractivity contribution in [2.75, 3.05) is 26.2 Å². The number of rotatable bonds is 4. The molecule has 0 aromatic heterocycles. The van der Waals surface area contributed by atoms with Gasteiger partial charge in [-0.1, -0.05) is 13.3 Å². The van der Waals surface area contributed by atoms with E-state index in [0.717, 1.165) is 12.8 Å². The molecule has 0 radical (unpaired) electrons. The first kappa shape index (κ1) is 14.0. The summed E-state index contributed by atoms with van der Waals surface area (Å²) < 4.78 is 0. The minimum absolute atomic E-state index is 0.0157. The highest BCUT2D eigenvalue weighted by atomic mass is 16.2. The topological polar surface area (TPSA) is 57.7 Å². The second-order valence-electron chi connectivity index (χ2n) is 5.55. The van der Waals surface area contributed by atoms with E-state index >= 15 is 0 Å². The number of hydrogen-bond acceptors (Lipinski definition) is 3. The summed E-state index contributed by atoms with van der Waals surface area (Å²) in [7, 11) is 0. The van der Waals surface area contributed by atoms with Gasteiger partial charge in [0.25, 0.3) is 0 Å². The minimum Gasteiger partial charge on any atom is -0.340 e. The molecule has 2 heterocycles. The van der Waals surface area contributed by atoms with Crippen molar-refractivity contribution < 1.29 is 14.4 Å². The Bertz CT molecular complexity index is 371. The molecule has 0 bridgehead atoms. The van der Waals surface area contributed by atoms with Gasteiger partial charge < -0.3 is 9.80 Å². The van der Waals surface area contributed by atoms with Crippen molar-refractivity contribution in [1.82, 2.24) is 9.80 Å². The van der Waals surface area contributed by atoms with Crippen LogP contribution in [-0.2, 0) is 14.4 Å². The Balaban J connectivity index is 1.82. The fourth-order valence-corrected chi connectivity index (χ4v) is 2.88. The lowest BCUT2D eigenvalue weighted by molar-refractivity contribution is -0.140. The van der Waals surface area contributed by atoms with E-state index in [1.54, 1.807) is 9.80 Å². The summed E-state index contributed by atoms with van der Waals surface area (Å²) in [4.78, 5) is 38.5. The van der Waals surface area contributed by atoms with Crippen molar-refractivity contribution in [3.63, 3.8) is 0 Å². The molecule has 0 aromatic rings. The quantitative estimate of drug-likeness (QED) is 0.757. The van der Waals surface area contributed by atoms with Gasteiger partial charge in [0.15, 0.2) is 0 Å². The van der Waals surface area contributed by atoms with Crippen LogP contribution in [0.25, 0.3) is 0 Å². The summed E-state index contributed by atoms with van der Waals surface area (Å²) in [6.07, 6.45) is 3.62. The van der Waals surface area contributed by atoms with Gasteiger partial charge in [0.2, 0.25) is 11.8 Å². The Kier molecular flexibility index (Phi) is 4.56. The number of amides is 2. The lowest BCUT2D eigenvalue weighted by Crippen LogP contribution is -2.44.